The number of halogens is 1. The molecule has 0 bridgehead atoms. The smallest absolute Gasteiger partial charge is 0.179 e. The van der Waals surface area contributed by atoms with E-state index in [0.717, 1.165) is 28.1 Å². The minimum Gasteiger partial charge on any atom is -0.484 e. The number of ether oxygens (including phenoxy) is 1. The van der Waals surface area contributed by atoms with Crippen molar-refractivity contribution in [2.45, 2.75) is 33.0 Å². The second-order valence-electron chi connectivity index (χ2n) is 8.00. The predicted octanol–water partition coefficient (Wildman–Crippen LogP) is 4.47. The van der Waals surface area contributed by atoms with E-state index in [1.54, 1.807) is 21.7 Å². The van der Waals surface area contributed by atoms with E-state index in [1.165, 1.54) is 0 Å². The van der Waals surface area contributed by atoms with Gasteiger partial charge in [-0.1, -0.05) is 29.8 Å². The van der Waals surface area contributed by atoms with Crippen LogP contribution in [0.25, 0.3) is 16.8 Å². The maximum absolute atomic E-state index is 9.48. The maximum Gasteiger partial charge on any atom is 0.179 e. The second-order valence-corrected chi connectivity index (χ2v) is 8.41. The number of pyridine rings is 1. The molecule has 5 rings (SSSR count). The number of hydrogen-bond acceptors (Lipinski definition) is 6. The number of nitriles is 2. The van der Waals surface area contributed by atoms with E-state index in [0.29, 0.717) is 41.5 Å². The molecule has 1 aliphatic heterocycles. The van der Waals surface area contributed by atoms with Crippen LogP contribution in [0.2, 0.25) is 5.02 Å². The van der Waals surface area contributed by atoms with Gasteiger partial charge in [0.05, 0.1) is 47.3 Å². The molecule has 33 heavy (non-hydrogen) atoms. The van der Waals surface area contributed by atoms with Crippen molar-refractivity contribution >= 4 is 17.1 Å². The number of hydrogen-bond donors (Lipinski definition) is 0. The van der Waals surface area contributed by atoms with Gasteiger partial charge in [0.25, 0.3) is 0 Å². The average Bonchev–Trinajstić information content (AvgIpc) is 3.38. The van der Waals surface area contributed by atoms with Gasteiger partial charge in [0, 0.05) is 29.4 Å². The van der Waals surface area contributed by atoms with Crippen molar-refractivity contribution < 1.29 is 4.74 Å². The molecule has 0 amide bonds. The van der Waals surface area contributed by atoms with E-state index in [4.69, 9.17) is 21.4 Å². The van der Waals surface area contributed by atoms with Crippen molar-refractivity contribution in [2.24, 2.45) is 0 Å². The van der Waals surface area contributed by atoms with Crippen LogP contribution in [0.5, 0.6) is 5.75 Å². The molecule has 0 saturated carbocycles. The number of rotatable bonds is 4. The Labute approximate surface area is 195 Å². The van der Waals surface area contributed by atoms with Gasteiger partial charge in [0.15, 0.2) is 6.19 Å². The third-order valence-electron chi connectivity index (χ3n) is 6.01. The van der Waals surface area contributed by atoms with Crippen molar-refractivity contribution in [3.05, 3.63) is 70.1 Å². The van der Waals surface area contributed by atoms with Crippen molar-refractivity contribution in [1.29, 1.82) is 10.5 Å². The van der Waals surface area contributed by atoms with Gasteiger partial charge in [-0.2, -0.15) is 20.7 Å². The lowest BCUT2D eigenvalue weighted by Crippen LogP contribution is -2.30. The van der Waals surface area contributed by atoms with Gasteiger partial charge >= 0.3 is 0 Å². The van der Waals surface area contributed by atoms with Crippen molar-refractivity contribution in [3.8, 4) is 29.3 Å². The van der Waals surface area contributed by atoms with Gasteiger partial charge < -0.3 is 9.64 Å². The lowest BCUT2D eigenvalue weighted by molar-refractivity contribution is 0.228. The highest BCUT2D eigenvalue weighted by Gasteiger charge is 2.24. The fourth-order valence-electron chi connectivity index (χ4n) is 4.28. The molecule has 0 N–H and O–H groups in total. The van der Waals surface area contributed by atoms with Crippen molar-refractivity contribution in [1.82, 2.24) is 24.3 Å². The highest BCUT2D eigenvalue weighted by Crippen LogP contribution is 2.36. The van der Waals surface area contributed by atoms with Crippen LogP contribution in [-0.2, 0) is 13.1 Å². The van der Waals surface area contributed by atoms with Crippen LogP contribution in [0.3, 0.4) is 0 Å². The summed E-state index contributed by atoms with van der Waals surface area (Å²) in [6, 6.07) is 11.5. The van der Waals surface area contributed by atoms with E-state index in [9.17, 15) is 10.5 Å². The average molecular weight is 458 g/mol. The fraction of sp³-hybridized carbons (Fsp3) is 0.250. The third-order valence-corrected chi connectivity index (χ3v) is 6.29. The Morgan fingerprint density at radius 1 is 1.21 bits per heavy atom. The molecule has 0 fully saturated rings. The number of nitrogens with zero attached hydrogens (tertiary/aromatic N) is 7. The first kappa shape index (κ1) is 20.9. The van der Waals surface area contributed by atoms with Gasteiger partial charge in [-0.3, -0.25) is 4.68 Å². The summed E-state index contributed by atoms with van der Waals surface area (Å²) in [6.45, 7) is 5.76. The van der Waals surface area contributed by atoms with E-state index >= 15 is 0 Å². The van der Waals surface area contributed by atoms with Crippen LogP contribution in [-0.4, -0.2) is 30.8 Å². The quantitative estimate of drug-likeness (QED) is 0.419. The lowest BCUT2D eigenvalue weighted by Gasteiger charge is -2.22. The summed E-state index contributed by atoms with van der Waals surface area (Å²) in [4.78, 5) is 1.73. The predicted molar refractivity (Wildman–Crippen MR) is 122 cm³/mol. The number of benzene rings is 1. The van der Waals surface area contributed by atoms with Crippen molar-refractivity contribution in [2.75, 3.05) is 6.54 Å². The fourth-order valence-corrected chi connectivity index (χ4v) is 4.50. The molecule has 164 valence electrons. The molecule has 3 aromatic heterocycles. The summed E-state index contributed by atoms with van der Waals surface area (Å²) in [7, 11) is 0. The Kier molecular flexibility index (Phi) is 5.16. The Morgan fingerprint density at radius 3 is 2.82 bits per heavy atom. The highest BCUT2D eigenvalue weighted by atomic mass is 35.5. The summed E-state index contributed by atoms with van der Waals surface area (Å²) in [5, 5.41) is 28.4. The standard InChI is InChI=1S/C24H20ClN7O/c1-15-21-13-30(14-27)7-8-31(21)29-23(15)18-9-22(24-20(25)11-28-32(24)12-18)33-16(2)19-6-4-3-5-17(19)10-26/h3-6,9,11-12,16H,7-8,13H2,1-2H3. The molecule has 4 heterocycles. The third kappa shape index (κ3) is 3.55. The topological polar surface area (TPSA) is 95.2 Å². The summed E-state index contributed by atoms with van der Waals surface area (Å²) in [5.41, 5.74) is 5.70. The van der Waals surface area contributed by atoms with Crippen LogP contribution in [0.15, 0.2) is 42.7 Å². The molecule has 4 aromatic rings. The minimum absolute atomic E-state index is 0.383. The Hall–Kier alpha value is -4.01. The number of fused-ring (bicyclic) bond motifs is 2. The molecule has 0 radical (unpaired) electrons. The molecular weight excluding hydrogens is 438 g/mol. The molecule has 1 aliphatic rings. The zero-order valence-electron chi connectivity index (χ0n) is 18.2. The molecule has 1 aromatic carbocycles. The van der Waals surface area contributed by atoms with E-state index in [2.05, 4.69) is 17.4 Å². The molecular formula is C24H20ClN7O. The van der Waals surface area contributed by atoms with E-state index in [1.807, 2.05) is 49.0 Å². The molecule has 0 aliphatic carbocycles. The van der Waals surface area contributed by atoms with E-state index < -0.39 is 0 Å². The van der Waals surface area contributed by atoms with Crippen LogP contribution >= 0.6 is 11.6 Å². The summed E-state index contributed by atoms with van der Waals surface area (Å²) < 4.78 is 10.0. The lowest BCUT2D eigenvalue weighted by atomic mass is 10.0. The van der Waals surface area contributed by atoms with E-state index in [-0.39, 0.29) is 6.10 Å². The maximum atomic E-state index is 9.48. The molecule has 1 atom stereocenters. The molecule has 0 saturated heterocycles. The molecule has 1 unspecified atom stereocenters. The Morgan fingerprint density at radius 2 is 2.03 bits per heavy atom. The normalized spacial score (nSPS) is 13.9. The second kappa shape index (κ2) is 8.16. The zero-order valence-corrected chi connectivity index (χ0v) is 18.9. The highest BCUT2D eigenvalue weighted by molar-refractivity contribution is 6.34. The monoisotopic (exact) mass is 457 g/mol. The van der Waals surface area contributed by atoms with Gasteiger partial charge in [-0.25, -0.2) is 4.52 Å². The van der Waals surface area contributed by atoms with Gasteiger partial charge in [-0.15, -0.1) is 0 Å². The summed E-state index contributed by atoms with van der Waals surface area (Å²) in [6.07, 6.45) is 5.30. The number of aromatic nitrogens is 4. The molecule has 8 nitrogen and oxygen atoms in total. The summed E-state index contributed by atoms with van der Waals surface area (Å²) in [5.74, 6) is 0.555. The van der Waals surface area contributed by atoms with Crippen LogP contribution in [0.1, 0.15) is 35.4 Å². The molecule has 9 heteroatoms. The first-order valence-electron chi connectivity index (χ1n) is 10.5. The largest absolute Gasteiger partial charge is 0.484 e. The van der Waals surface area contributed by atoms with Gasteiger partial charge in [0.2, 0.25) is 0 Å². The Balaban J connectivity index is 1.59. The Bertz CT molecular complexity index is 1460. The van der Waals surface area contributed by atoms with Crippen LogP contribution in [0, 0.1) is 29.7 Å². The first-order chi connectivity index (χ1) is 16.0. The first-order valence-corrected chi connectivity index (χ1v) is 10.9. The minimum atomic E-state index is -0.383. The molecule has 0 spiro atoms. The van der Waals surface area contributed by atoms with Gasteiger partial charge in [-0.05, 0) is 26.0 Å². The van der Waals surface area contributed by atoms with Crippen LogP contribution in [0.4, 0.5) is 0 Å². The summed E-state index contributed by atoms with van der Waals surface area (Å²) >= 11 is 6.44. The SMILES string of the molecule is Cc1c(-c2cc(OC(C)c3ccccc3C#N)c3c(Cl)cnn3c2)nn2c1CN(C#N)CC2. The zero-order chi connectivity index (χ0) is 23.1. The van der Waals surface area contributed by atoms with Gasteiger partial charge in [0.1, 0.15) is 17.4 Å². The van der Waals surface area contributed by atoms with Crippen LogP contribution < -0.4 is 4.74 Å². The van der Waals surface area contributed by atoms with Crippen molar-refractivity contribution in [3.63, 3.8) is 0 Å².